The molecule has 220 valence electrons. The lowest BCUT2D eigenvalue weighted by Crippen LogP contribution is -2.45. The number of amides is 2. The van der Waals surface area contributed by atoms with E-state index in [1.807, 2.05) is 6.92 Å². The molecule has 0 aromatic heterocycles. The molecular weight excluding hydrogens is 551 g/mol. The zero-order valence-corrected chi connectivity index (χ0v) is 23.3. The second kappa shape index (κ2) is 14.1. The van der Waals surface area contributed by atoms with Crippen molar-refractivity contribution in [3.8, 4) is 0 Å². The van der Waals surface area contributed by atoms with Crippen LogP contribution in [0.5, 0.6) is 0 Å². The number of nitrogens with one attached hydrogen (secondary N) is 2. The largest absolute Gasteiger partial charge is 0.490 e. The Bertz CT molecular complexity index is 1260. The number of aliphatic carboxylic acids is 1. The van der Waals surface area contributed by atoms with Gasteiger partial charge < -0.3 is 15.3 Å². The van der Waals surface area contributed by atoms with Crippen LogP contribution >= 0.6 is 0 Å². The Kier molecular flexibility index (Phi) is 11.5. The standard InChI is InChI=1S/C25H33N3O4S.C2HF3O2/c1-18(2)14-15-26-24(29)21-5-4-16-28(17-21)25(30)20-8-10-22(11-9-20)27-33(31,32)23-12-6-19(3)7-13-23;3-2(4,5)1(6)7/h6-13,18,21,27H,4-5,14-17H2,1-3H3,(H,26,29);(H,6,7). The Balaban J connectivity index is 0.000000708. The van der Waals surface area contributed by atoms with Gasteiger partial charge in [-0.05, 0) is 68.5 Å². The van der Waals surface area contributed by atoms with E-state index in [4.69, 9.17) is 9.90 Å². The van der Waals surface area contributed by atoms with Gasteiger partial charge in [-0.3, -0.25) is 14.3 Å². The third-order valence-electron chi connectivity index (χ3n) is 6.06. The monoisotopic (exact) mass is 585 g/mol. The maximum atomic E-state index is 13.0. The van der Waals surface area contributed by atoms with Crippen molar-refractivity contribution in [3.63, 3.8) is 0 Å². The highest BCUT2D eigenvalue weighted by Gasteiger charge is 2.38. The number of carboxylic acid groups (broad SMARTS) is 1. The van der Waals surface area contributed by atoms with Crippen LogP contribution in [-0.2, 0) is 19.6 Å². The number of nitrogens with zero attached hydrogens (tertiary/aromatic N) is 1. The number of sulfonamides is 1. The smallest absolute Gasteiger partial charge is 0.475 e. The molecule has 1 fully saturated rings. The van der Waals surface area contributed by atoms with Crippen molar-refractivity contribution in [2.45, 2.75) is 51.1 Å². The van der Waals surface area contributed by atoms with Gasteiger partial charge in [-0.25, -0.2) is 13.2 Å². The number of alkyl halides is 3. The summed E-state index contributed by atoms with van der Waals surface area (Å²) in [4.78, 5) is 36.2. The zero-order chi connectivity index (χ0) is 30.1. The molecule has 3 N–H and O–H groups in total. The Hall–Kier alpha value is -3.61. The maximum Gasteiger partial charge on any atom is 0.490 e. The van der Waals surface area contributed by atoms with Gasteiger partial charge in [0.25, 0.3) is 15.9 Å². The summed E-state index contributed by atoms with van der Waals surface area (Å²) in [5, 5.41) is 10.1. The molecule has 13 heteroatoms. The number of hydrogen-bond donors (Lipinski definition) is 3. The van der Waals surface area contributed by atoms with Crippen molar-refractivity contribution in [1.82, 2.24) is 10.2 Å². The maximum absolute atomic E-state index is 13.0. The molecular formula is C27H34F3N3O6S. The fraction of sp³-hybridized carbons (Fsp3) is 0.444. The minimum atomic E-state index is -5.08. The number of likely N-dealkylation sites (tertiary alicyclic amines) is 1. The Morgan fingerprint density at radius 1 is 1.05 bits per heavy atom. The summed E-state index contributed by atoms with van der Waals surface area (Å²) in [6.45, 7) is 7.78. The van der Waals surface area contributed by atoms with Gasteiger partial charge in [0, 0.05) is 30.9 Å². The molecule has 0 aliphatic carbocycles. The van der Waals surface area contributed by atoms with Gasteiger partial charge in [-0.15, -0.1) is 0 Å². The van der Waals surface area contributed by atoms with E-state index in [-0.39, 0.29) is 22.6 Å². The van der Waals surface area contributed by atoms with Gasteiger partial charge in [0.05, 0.1) is 10.8 Å². The first kappa shape index (κ1) is 32.6. The highest BCUT2D eigenvalue weighted by Crippen LogP contribution is 2.21. The molecule has 2 aromatic rings. The summed E-state index contributed by atoms with van der Waals surface area (Å²) in [5.74, 6) is -2.57. The molecule has 0 saturated carbocycles. The van der Waals surface area contributed by atoms with E-state index in [1.54, 1.807) is 53.4 Å². The number of piperidine rings is 1. The summed E-state index contributed by atoms with van der Waals surface area (Å²) in [7, 11) is -3.70. The van der Waals surface area contributed by atoms with E-state index in [1.165, 1.54) is 0 Å². The molecule has 1 aliphatic rings. The molecule has 1 heterocycles. The van der Waals surface area contributed by atoms with Crippen molar-refractivity contribution >= 4 is 33.5 Å². The van der Waals surface area contributed by atoms with E-state index in [9.17, 15) is 31.2 Å². The van der Waals surface area contributed by atoms with Crippen LogP contribution in [-0.4, -0.2) is 62.0 Å². The number of halogens is 3. The first-order valence-corrected chi connectivity index (χ1v) is 14.1. The van der Waals surface area contributed by atoms with E-state index in [0.29, 0.717) is 36.8 Å². The lowest BCUT2D eigenvalue weighted by atomic mass is 9.96. The first-order chi connectivity index (χ1) is 18.6. The van der Waals surface area contributed by atoms with Crippen LogP contribution in [0, 0.1) is 18.8 Å². The first-order valence-electron chi connectivity index (χ1n) is 12.7. The van der Waals surface area contributed by atoms with Crippen molar-refractivity contribution in [2.24, 2.45) is 11.8 Å². The Morgan fingerprint density at radius 2 is 1.62 bits per heavy atom. The number of carbonyl (C=O) groups excluding carboxylic acids is 2. The summed E-state index contributed by atoms with van der Waals surface area (Å²) >= 11 is 0. The predicted molar refractivity (Wildman–Crippen MR) is 143 cm³/mol. The summed E-state index contributed by atoms with van der Waals surface area (Å²) in [6.07, 6.45) is -2.60. The fourth-order valence-corrected chi connectivity index (χ4v) is 4.86. The topological polar surface area (TPSA) is 133 Å². The number of anilines is 1. The second-order valence-corrected chi connectivity index (χ2v) is 11.5. The second-order valence-electron chi connectivity index (χ2n) is 9.86. The Morgan fingerprint density at radius 3 is 2.15 bits per heavy atom. The molecule has 0 spiro atoms. The van der Waals surface area contributed by atoms with Gasteiger partial charge in [0.1, 0.15) is 0 Å². The molecule has 1 unspecified atom stereocenters. The van der Waals surface area contributed by atoms with Crippen molar-refractivity contribution < 1.29 is 41.1 Å². The van der Waals surface area contributed by atoms with E-state index in [0.717, 1.165) is 24.8 Å². The van der Waals surface area contributed by atoms with Gasteiger partial charge in [-0.2, -0.15) is 13.2 Å². The van der Waals surface area contributed by atoms with Gasteiger partial charge in [0.2, 0.25) is 5.91 Å². The van der Waals surface area contributed by atoms with Crippen LogP contribution in [0.4, 0.5) is 18.9 Å². The number of benzene rings is 2. The van der Waals surface area contributed by atoms with Crippen LogP contribution < -0.4 is 10.0 Å². The van der Waals surface area contributed by atoms with Crippen LogP contribution in [0.15, 0.2) is 53.4 Å². The number of carboxylic acids is 1. The average Bonchev–Trinajstić information content (AvgIpc) is 2.88. The van der Waals surface area contributed by atoms with Crippen LogP contribution in [0.1, 0.15) is 49.0 Å². The lowest BCUT2D eigenvalue weighted by Gasteiger charge is -2.32. The summed E-state index contributed by atoms with van der Waals surface area (Å²) in [5.41, 5.74) is 1.83. The molecule has 1 saturated heterocycles. The molecule has 0 radical (unpaired) electrons. The third-order valence-corrected chi connectivity index (χ3v) is 7.46. The molecule has 40 heavy (non-hydrogen) atoms. The van der Waals surface area contributed by atoms with E-state index >= 15 is 0 Å². The molecule has 1 aliphatic heterocycles. The van der Waals surface area contributed by atoms with Crippen LogP contribution in [0.2, 0.25) is 0 Å². The van der Waals surface area contributed by atoms with Crippen molar-refractivity contribution in [1.29, 1.82) is 0 Å². The minimum absolute atomic E-state index is 0.00834. The summed E-state index contributed by atoms with van der Waals surface area (Å²) in [6, 6.07) is 13.0. The summed E-state index contributed by atoms with van der Waals surface area (Å²) < 4.78 is 59.4. The number of carbonyl (C=O) groups is 3. The number of aryl methyl sites for hydroxylation is 1. The van der Waals surface area contributed by atoms with Crippen molar-refractivity contribution in [2.75, 3.05) is 24.4 Å². The molecule has 9 nitrogen and oxygen atoms in total. The molecule has 2 aromatic carbocycles. The Labute approximate surface area is 231 Å². The average molecular weight is 586 g/mol. The van der Waals surface area contributed by atoms with E-state index in [2.05, 4.69) is 23.9 Å². The zero-order valence-electron chi connectivity index (χ0n) is 22.5. The highest BCUT2D eigenvalue weighted by atomic mass is 32.2. The van der Waals surface area contributed by atoms with Crippen LogP contribution in [0.25, 0.3) is 0 Å². The quantitative estimate of drug-likeness (QED) is 0.420. The fourth-order valence-electron chi connectivity index (χ4n) is 3.80. The minimum Gasteiger partial charge on any atom is -0.475 e. The molecule has 1 atom stereocenters. The third kappa shape index (κ3) is 10.2. The number of hydrogen-bond acceptors (Lipinski definition) is 5. The normalized spacial score (nSPS) is 15.6. The number of rotatable bonds is 8. The predicted octanol–water partition coefficient (Wildman–Crippen LogP) is 4.44. The SMILES string of the molecule is Cc1ccc(S(=O)(=O)Nc2ccc(C(=O)N3CCCC(C(=O)NCCC(C)C)C3)cc2)cc1.O=C(O)C(F)(F)F. The van der Waals surface area contributed by atoms with Gasteiger partial charge in [0.15, 0.2) is 0 Å². The molecule has 3 rings (SSSR count). The van der Waals surface area contributed by atoms with Crippen molar-refractivity contribution in [3.05, 3.63) is 59.7 Å². The van der Waals surface area contributed by atoms with Gasteiger partial charge in [-0.1, -0.05) is 31.5 Å². The van der Waals surface area contributed by atoms with Crippen LogP contribution in [0.3, 0.4) is 0 Å². The van der Waals surface area contributed by atoms with E-state index < -0.39 is 22.2 Å². The highest BCUT2D eigenvalue weighted by molar-refractivity contribution is 7.92. The lowest BCUT2D eigenvalue weighted by molar-refractivity contribution is -0.192. The molecule has 0 bridgehead atoms. The van der Waals surface area contributed by atoms with Gasteiger partial charge >= 0.3 is 12.1 Å². The molecule has 2 amide bonds.